The molecule has 0 bridgehead atoms. The number of ether oxygens (including phenoxy) is 1. The van der Waals surface area contributed by atoms with Crippen LogP contribution >= 0.6 is 23.4 Å². The number of anilines is 1. The monoisotopic (exact) mass is 399 g/mol. The maximum atomic E-state index is 10.7. The second-order valence-corrected chi connectivity index (χ2v) is 7.03. The van der Waals surface area contributed by atoms with E-state index in [1.54, 1.807) is 12.1 Å². The Bertz CT molecular complexity index is 1000. The number of aromatic nitrogens is 3. The van der Waals surface area contributed by atoms with Gasteiger partial charge in [0.2, 0.25) is 11.0 Å². The molecule has 2 aromatic carbocycles. The molecule has 136 valence electrons. The zero-order valence-corrected chi connectivity index (χ0v) is 15.3. The number of thioether (sulfide) groups is 1. The molecule has 0 fully saturated rings. The Kier molecular flexibility index (Phi) is 4.83. The number of rotatable bonds is 4. The van der Waals surface area contributed by atoms with Crippen LogP contribution in [0.4, 0.5) is 5.69 Å². The van der Waals surface area contributed by atoms with E-state index in [0.717, 1.165) is 28.6 Å². The topological polar surface area (TPSA) is 100 Å². The maximum absolute atomic E-state index is 10.7. The molecule has 0 aliphatic carbocycles. The molecular weight excluding hydrogens is 388 g/mol. The van der Waals surface area contributed by atoms with Crippen LogP contribution in [0, 0.1) is 0 Å². The van der Waals surface area contributed by atoms with Crippen molar-refractivity contribution in [1.29, 1.82) is 0 Å². The van der Waals surface area contributed by atoms with E-state index in [2.05, 4.69) is 20.5 Å². The summed E-state index contributed by atoms with van der Waals surface area (Å²) in [4.78, 5) is 15.0. The summed E-state index contributed by atoms with van der Waals surface area (Å²) in [6.07, 6.45) is -0.527. The van der Waals surface area contributed by atoms with Gasteiger partial charge < -0.3 is 20.0 Å². The zero-order chi connectivity index (χ0) is 18.8. The Balaban J connectivity index is 1.76. The SMILES string of the molecule is O=C([O-])CSc1nnc2c(n1)O[C@@H](c1ccc(Cl)cc1)Nc1ccccc1-2. The molecule has 1 N–H and O–H groups in total. The first-order chi connectivity index (χ1) is 13.1. The van der Waals surface area contributed by atoms with Crippen LogP contribution in [-0.2, 0) is 4.79 Å². The van der Waals surface area contributed by atoms with E-state index in [4.69, 9.17) is 16.3 Å². The Hall–Kier alpha value is -2.84. The number of benzene rings is 2. The van der Waals surface area contributed by atoms with Gasteiger partial charge in [0.05, 0.1) is 5.97 Å². The predicted octanol–water partition coefficient (Wildman–Crippen LogP) is 2.54. The van der Waals surface area contributed by atoms with Gasteiger partial charge in [-0.25, -0.2) is 0 Å². The van der Waals surface area contributed by atoms with Crippen LogP contribution in [0.1, 0.15) is 11.8 Å². The molecule has 0 saturated heterocycles. The number of hydrogen-bond donors (Lipinski definition) is 1. The van der Waals surface area contributed by atoms with Crippen molar-refractivity contribution in [3.8, 4) is 17.1 Å². The lowest BCUT2D eigenvalue weighted by Gasteiger charge is -2.19. The Labute approximate surface area is 163 Å². The van der Waals surface area contributed by atoms with E-state index in [1.165, 1.54) is 0 Å². The van der Waals surface area contributed by atoms with E-state index in [-0.39, 0.29) is 16.8 Å². The molecule has 0 radical (unpaired) electrons. The van der Waals surface area contributed by atoms with Crippen LogP contribution in [0.5, 0.6) is 5.88 Å². The lowest BCUT2D eigenvalue weighted by molar-refractivity contribution is -0.301. The van der Waals surface area contributed by atoms with Gasteiger partial charge in [-0.2, -0.15) is 4.98 Å². The fourth-order valence-electron chi connectivity index (χ4n) is 2.62. The quantitative estimate of drug-likeness (QED) is 0.668. The highest BCUT2D eigenvalue weighted by molar-refractivity contribution is 7.99. The number of hydrogen-bond acceptors (Lipinski definition) is 8. The summed E-state index contributed by atoms with van der Waals surface area (Å²) >= 11 is 6.90. The van der Waals surface area contributed by atoms with Crippen LogP contribution in [-0.4, -0.2) is 26.9 Å². The molecule has 0 unspecified atom stereocenters. The molecule has 3 aromatic rings. The minimum absolute atomic E-state index is 0.201. The molecule has 7 nitrogen and oxygen atoms in total. The first kappa shape index (κ1) is 17.6. The first-order valence-corrected chi connectivity index (χ1v) is 9.32. The summed E-state index contributed by atoms with van der Waals surface area (Å²) in [6.45, 7) is 0. The van der Waals surface area contributed by atoms with Crippen molar-refractivity contribution in [3.63, 3.8) is 0 Å². The summed E-state index contributed by atoms with van der Waals surface area (Å²) in [5.41, 5.74) is 2.94. The second kappa shape index (κ2) is 7.42. The Morgan fingerprint density at radius 1 is 1.19 bits per heavy atom. The molecule has 4 rings (SSSR count). The Morgan fingerprint density at radius 2 is 1.96 bits per heavy atom. The average Bonchev–Trinajstić information content (AvgIpc) is 2.83. The number of para-hydroxylation sites is 1. The molecule has 1 aliphatic rings. The first-order valence-electron chi connectivity index (χ1n) is 7.95. The lowest BCUT2D eigenvalue weighted by atomic mass is 10.1. The van der Waals surface area contributed by atoms with Gasteiger partial charge >= 0.3 is 0 Å². The van der Waals surface area contributed by atoms with Gasteiger partial charge in [-0.15, -0.1) is 10.2 Å². The minimum atomic E-state index is -1.20. The van der Waals surface area contributed by atoms with E-state index in [0.29, 0.717) is 10.7 Å². The summed E-state index contributed by atoms with van der Waals surface area (Å²) in [7, 11) is 0. The summed E-state index contributed by atoms with van der Waals surface area (Å²) in [6, 6.07) is 14.9. The van der Waals surface area contributed by atoms with Crippen molar-refractivity contribution >= 4 is 35.0 Å². The van der Waals surface area contributed by atoms with Crippen LogP contribution in [0.2, 0.25) is 5.02 Å². The molecule has 1 aromatic heterocycles. The molecule has 27 heavy (non-hydrogen) atoms. The highest BCUT2D eigenvalue weighted by atomic mass is 35.5. The van der Waals surface area contributed by atoms with Crippen molar-refractivity contribution < 1.29 is 14.6 Å². The second-order valence-electron chi connectivity index (χ2n) is 5.65. The molecule has 2 heterocycles. The van der Waals surface area contributed by atoms with Crippen molar-refractivity contribution in [1.82, 2.24) is 15.2 Å². The maximum Gasteiger partial charge on any atom is 0.247 e. The number of carboxylic acid groups (broad SMARTS) is 1. The third kappa shape index (κ3) is 3.81. The molecule has 1 atom stereocenters. The van der Waals surface area contributed by atoms with Gasteiger partial charge in [0.25, 0.3) is 0 Å². The fraction of sp³-hybridized carbons (Fsp3) is 0.111. The highest BCUT2D eigenvalue weighted by Crippen LogP contribution is 2.39. The lowest BCUT2D eigenvalue weighted by Crippen LogP contribution is -2.24. The largest absolute Gasteiger partial charge is 0.549 e. The molecule has 0 amide bonds. The summed E-state index contributed by atoms with van der Waals surface area (Å²) < 4.78 is 6.07. The van der Waals surface area contributed by atoms with Gasteiger partial charge in [0.1, 0.15) is 0 Å². The molecule has 0 spiro atoms. The predicted molar refractivity (Wildman–Crippen MR) is 99.4 cm³/mol. The van der Waals surface area contributed by atoms with Gasteiger partial charge in [0.15, 0.2) is 11.9 Å². The summed E-state index contributed by atoms with van der Waals surface area (Å²) in [5.74, 6) is -1.20. The van der Waals surface area contributed by atoms with E-state index >= 15 is 0 Å². The number of aliphatic carboxylic acids is 1. The highest BCUT2D eigenvalue weighted by Gasteiger charge is 2.25. The van der Waals surface area contributed by atoms with Crippen molar-refractivity contribution in [2.75, 3.05) is 11.1 Å². The standard InChI is InChI=1S/C18H13ClN4O3S/c19-11-7-5-10(6-8-11)16-20-13-4-2-1-3-12(13)15-17(26-16)21-18(23-22-15)27-9-14(24)25/h1-8,16,20H,9H2,(H,24,25)/p-1/t16-/m0/s1. The van der Waals surface area contributed by atoms with Gasteiger partial charge in [-0.3, -0.25) is 0 Å². The van der Waals surface area contributed by atoms with Crippen molar-refractivity contribution in [3.05, 3.63) is 59.1 Å². The fourth-order valence-corrected chi connectivity index (χ4v) is 3.24. The number of carbonyl (C=O) groups excluding carboxylic acids is 1. The molecule has 0 saturated carbocycles. The minimum Gasteiger partial charge on any atom is -0.549 e. The number of nitrogens with zero attached hydrogens (tertiary/aromatic N) is 3. The van der Waals surface area contributed by atoms with Crippen molar-refractivity contribution in [2.24, 2.45) is 0 Å². The smallest absolute Gasteiger partial charge is 0.247 e. The third-order valence-corrected chi connectivity index (χ3v) is 4.89. The molecule has 1 aliphatic heterocycles. The Morgan fingerprint density at radius 3 is 2.74 bits per heavy atom. The number of halogens is 1. The van der Waals surface area contributed by atoms with E-state index < -0.39 is 12.2 Å². The van der Waals surface area contributed by atoms with Crippen LogP contribution < -0.4 is 15.2 Å². The van der Waals surface area contributed by atoms with Gasteiger partial charge in [-0.1, -0.05) is 53.7 Å². The average molecular weight is 400 g/mol. The zero-order valence-electron chi connectivity index (χ0n) is 13.8. The third-order valence-electron chi connectivity index (χ3n) is 3.83. The van der Waals surface area contributed by atoms with E-state index in [1.807, 2.05) is 36.4 Å². The van der Waals surface area contributed by atoms with Crippen LogP contribution in [0.25, 0.3) is 11.3 Å². The van der Waals surface area contributed by atoms with Gasteiger partial charge in [0, 0.05) is 27.6 Å². The van der Waals surface area contributed by atoms with Crippen LogP contribution in [0.3, 0.4) is 0 Å². The van der Waals surface area contributed by atoms with Crippen molar-refractivity contribution in [2.45, 2.75) is 11.4 Å². The van der Waals surface area contributed by atoms with E-state index in [9.17, 15) is 9.90 Å². The number of fused-ring (bicyclic) bond motifs is 3. The number of nitrogens with one attached hydrogen (secondary N) is 1. The van der Waals surface area contributed by atoms with Crippen LogP contribution in [0.15, 0.2) is 53.7 Å². The molecule has 9 heteroatoms. The van der Waals surface area contributed by atoms with Gasteiger partial charge in [-0.05, 0) is 18.2 Å². The normalized spacial score (nSPS) is 14.9. The summed E-state index contributed by atoms with van der Waals surface area (Å²) in [5, 5.41) is 23.0. The molecular formula is C18H12ClN4O3S-. The number of carboxylic acids is 1. The number of carbonyl (C=O) groups is 1.